The van der Waals surface area contributed by atoms with Crippen molar-refractivity contribution in [3.63, 3.8) is 0 Å². The molecule has 0 spiro atoms. The Kier molecular flexibility index (Phi) is 2.51. The van der Waals surface area contributed by atoms with Gasteiger partial charge < -0.3 is 10.6 Å². The fourth-order valence-electron chi connectivity index (χ4n) is 4.21. The van der Waals surface area contributed by atoms with Crippen LogP contribution in [-0.2, 0) is 4.79 Å². The molecule has 2 bridgehead atoms. The summed E-state index contributed by atoms with van der Waals surface area (Å²) in [7, 11) is 0. The molecular weight excluding hydrogens is 212 g/mol. The van der Waals surface area contributed by atoms with Gasteiger partial charge in [-0.05, 0) is 42.9 Å². The third kappa shape index (κ3) is 1.79. The molecule has 3 fully saturated rings. The van der Waals surface area contributed by atoms with Crippen molar-refractivity contribution in [1.29, 1.82) is 0 Å². The minimum atomic E-state index is 0.141. The van der Waals surface area contributed by atoms with Gasteiger partial charge in [0, 0.05) is 19.1 Å². The van der Waals surface area contributed by atoms with Crippen LogP contribution in [0.25, 0.3) is 0 Å². The number of nitrogens with zero attached hydrogens (tertiary/aromatic N) is 1. The maximum atomic E-state index is 12.6. The summed E-state index contributed by atoms with van der Waals surface area (Å²) in [6, 6.07) is 0.143. The van der Waals surface area contributed by atoms with Crippen LogP contribution in [0.2, 0.25) is 0 Å². The quantitative estimate of drug-likeness (QED) is 0.752. The highest BCUT2D eigenvalue weighted by molar-refractivity contribution is 5.81. The number of carbonyl (C=O) groups excluding carboxylic acids is 1. The molecule has 3 aliphatic rings. The van der Waals surface area contributed by atoms with Gasteiger partial charge in [-0.1, -0.05) is 13.8 Å². The molecule has 1 aliphatic heterocycles. The molecule has 1 heterocycles. The Morgan fingerprint density at radius 2 is 2.00 bits per heavy atom. The van der Waals surface area contributed by atoms with E-state index in [-0.39, 0.29) is 12.0 Å². The first-order valence-corrected chi connectivity index (χ1v) is 7.02. The highest BCUT2D eigenvalue weighted by atomic mass is 16.2. The predicted octanol–water partition coefficient (Wildman–Crippen LogP) is 1.62. The second-order valence-electron chi connectivity index (χ2n) is 7.11. The van der Waals surface area contributed by atoms with Gasteiger partial charge in [-0.25, -0.2) is 0 Å². The molecule has 2 saturated carbocycles. The maximum Gasteiger partial charge on any atom is 0.227 e. The molecule has 2 N–H and O–H groups in total. The zero-order valence-corrected chi connectivity index (χ0v) is 11.0. The van der Waals surface area contributed by atoms with E-state index >= 15 is 0 Å². The number of carbonyl (C=O) groups is 1. The number of nitrogens with two attached hydrogens (primary N) is 1. The van der Waals surface area contributed by atoms with Gasteiger partial charge >= 0.3 is 0 Å². The van der Waals surface area contributed by atoms with Crippen LogP contribution >= 0.6 is 0 Å². The summed E-state index contributed by atoms with van der Waals surface area (Å²) in [6.45, 7) is 6.36. The number of fused-ring (bicyclic) bond motifs is 2. The zero-order valence-electron chi connectivity index (χ0n) is 11.0. The molecule has 1 saturated heterocycles. The van der Waals surface area contributed by atoms with Gasteiger partial charge in [-0.2, -0.15) is 0 Å². The first-order chi connectivity index (χ1) is 7.98. The summed E-state index contributed by atoms with van der Waals surface area (Å²) in [4.78, 5) is 14.7. The van der Waals surface area contributed by atoms with Crippen LogP contribution in [0.15, 0.2) is 0 Å². The molecule has 3 nitrogen and oxygen atoms in total. The smallest absolute Gasteiger partial charge is 0.227 e. The van der Waals surface area contributed by atoms with Crippen LogP contribution in [0, 0.1) is 23.2 Å². The van der Waals surface area contributed by atoms with Gasteiger partial charge in [0.15, 0.2) is 0 Å². The number of hydrogen-bond acceptors (Lipinski definition) is 2. The summed E-state index contributed by atoms with van der Waals surface area (Å²) in [5.41, 5.74) is 6.56. The van der Waals surface area contributed by atoms with Gasteiger partial charge in [0.1, 0.15) is 0 Å². The van der Waals surface area contributed by atoms with E-state index in [4.69, 9.17) is 5.73 Å². The lowest BCUT2D eigenvalue weighted by molar-refractivity contribution is -0.137. The van der Waals surface area contributed by atoms with Gasteiger partial charge in [0.05, 0.1) is 5.92 Å². The minimum absolute atomic E-state index is 0.141. The summed E-state index contributed by atoms with van der Waals surface area (Å²) in [6.07, 6.45) is 4.82. The minimum Gasteiger partial charge on any atom is -0.342 e. The lowest BCUT2D eigenvalue weighted by atomic mass is 9.84. The normalized spacial score (nSPS) is 43.4. The zero-order chi connectivity index (χ0) is 12.2. The summed E-state index contributed by atoms with van der Waals surface area (Å²) in [5.74, 6) is 1.72. The van der Waals surface area contributed by atoms with Gasteiger partial charge in [-0.3, -0.25) is 4.79 Å². The summed E-state index contributed by atoms with van der Waals surface area (Å²) < 4.78 is 0. The first kappa shape index (κ1) is 11.5. The second kappa shape index (κ2) is 3.71. The van der Waals surface area contributed by atoms with E-state index in [0.717, 1.165) is 19.5 Å². The van der Waals surface area contributed by atoms with E-state index in [1.165, 1.54) is 19.3 Å². The molecule has 96 valence electrons. The molecular formula is C14H24N2O. The Hall–Kier alpha value is -0.570. The van der Waals surface area contributed by atoms with Crippen LogP contribution in [0.3, 0.4) is 0 Å². The summed E-state index contributed by atoms with van der Waals surface area (Å²) in [5, 5.41) is 0. The molecule has 3 heteroatoms. The molecule has 0 aromatic carbocycles. The van der Waals surface area contributed by atoms with Crippen molar-refractivity contribution >= 4 is 5.91 Å². The summed E-state index contributed by atoms with van der Waals surface area (Å²) >= 11 is 0. The predicted molar refractivity (Wildman–Crippen MR) is 67.3 cm³/mol. The van der Waals surface area contributed by atoms with E-state index in [9.17, 15) is 4.79 Å². The molecule has 0 aromatic rings. The Morgan fingerprint density at radius 3 is 2.53 bits per heavy atom. The van der Waals surface area contributed by atoms with Crippen molar-refractivity contribution in [1.82, 2.24) is 4.90 Å². The Morgan fingerprint density at radius 1 is 1.29 bits per heavy atom. The highest BCUT2D eigenvalue weighted by Gasteiger charge is 2.51. The molecule has 4 atom stereocenters. The molecule has 0 radical (unpaired) electrons. The SMILES string of the molecule is CC1(C)CCN(C(=O)C2C3CCC(C3)C2N)C1. The van der Waals surface area contributed by atoms with Crippen LogP contribution in [0.5, 0.6) is 0 Å². The van der Waals surface area contributed by atoms with Crippen molar-refractivity contribution in [2.45, 2.75) is 45.6 Å². The van der Waals surface area contributed by atoms with Crippen LogP contribution in [0.4, 0.5) is 0 Å². The number of amides is 1. The number of likely N-dealkylation sites (tertiary alicyclic amines) is 1. The highest BCUT2D eigenvalue weighted by Crippen LogP contribution is 2.48. The van der Waals surface area contributed by atoms with Gasteiger partial charge in [0.25, 0.3) is 0 Å². The monoisotopic (exact) mass is 236 g/mol. The first-order valence-electron chi connectivity index (χ1n) is 7.02. The average Bonchev–Trinajstić information content (AvgIpc) is 2.91. The lowest BCUT2D eigenvalue weighted by Gasteiger charge is -2.31. The number of hydrogen-bond donors (Lipinski definition) is 1. The Bertz CT molecular complexity index is 337. The van der Waals surface area contributed by atoms with E-state index in [0.29, 0.717) is 23.2 Å². The molecule has 17 heavy (non-hydrogen) atoms. The van der Waals surface area contributed by atoms with E-state index in [1.807, 2.05) is 0 Å². The van der Waals surface area contributed by atoms with Crippen molar-refractivity contribution in [3.8, 4) is 0 Å². The van der Waals surface area contributed by atoms with Gasteiger partial charge in [-0.15, -0.1) is 0 Å². The molecule has 0 aromatic heterocycles. The molecule has 2 aliphatic carbocycles. The van der Waals surface area contributed by atoms with Crippen LogP contribution < -0.4 is 5.73 Å². The third-order valence-corrected chi connectivity index (χ3v) is 5.25. The van der Waals surface area contributed by atoms with E-state index in [1.54, 1.807) is 0 Å². The molecule has 3 rings (SSSR count). The van der Waals surface area contributed by atoms with Crippen molar-refractivity contribution in [2.75, 3.05) is 13.1 Å². The second-order valence-corrected chi connectivity index (χ2v) is 7.11. The Labute approximate surface area is 104 Å². The lowest BCUT2D eigenvalue weighted by Crippen LogP contribution is -2.46. The molecule has 1 amide bonds. The average molecular weight is 236 g/mol. The van der Waals surface area contributed by atoms with Crippen LogP contribution in [-0.4, -0.2) is 29.9 Å². The Balaban J connectivity index is 1.71. The van der Waals surface area contributed by atoms with Crippen molar-refractivity contribution < 1.29 is 4.79 Å². The van der Waals surface area contributed by atoms with Crippen molar-refractivity contribution in [2.24, 2.45) is 28.9 Å². The van der Waals surface area contributed by atoms with Crippen molar-refractivity contribution in [3.05, 3.63) is 0 Å². The maximum absolute atomic E-state index is 12.6. The van der Waals surface area contributed by atoms with Gasteiger partial charge in [0.2, 0.25) is 5.91 Å². The van der Waals surface area contributed by atoms with E-state index < -0.39 is 0 Å². The fourth-order valence-corrected chi connectivity index (χ4v) is 4.21. The third-order valence-electron chi connectivity index (χ3n) is 5.25. The standard InChI is InChI=1S/C14H24N2O/c1-14(2)5-6-16(8-14)13(17)11-9-3-4-10(7-9)12(11)15/h9-12H,3-8,15H2,1-2H3. The largest absolute Gasteiger partial charge is 0.342 e. The topological polar surface area (TPSA) is 46.3 Å². The number of rotatable bonds is 1. The molecule has 4 unspecified atom stereocenters. The fraction of sp³-hybridized carbons (Fsp3) is 0.929. The van der Waals surface area contributed by atoms with Crippen LogP contribution in [0.1, 0.15) is 39.5 Å². The van der Waals surface area contributed by atoms with E-state index in [2.05, 4.69) is 18.7 Å².